The minimum atomic E-state index is -0.0655. The normalized spacial score (nSPS) is 26.4. The van der Waals surface area contributed by atoms with Crippen molar-refractivity contribution in [3.63, 3.8) is 0 Å². The Bertz CT molecular complexity index is 378. The maximum Gasteiger partial charge on any atom is 0.315 e. The molecule has 2 rings (SSSR count). The van der Waals surface area contributed by atoms with Gasteiger partial charge in [-0.05, 0) is 19.3 Å². The van der Waals surface area contributed by atoms with Crippen molar-refractivity contribution < 1.29 is 14.3 Å². The van der Waals surface area contributed by atoms with Gasteiger partial charge in [0.15, 0.2) is 0 Å². The largest absolute Gasteiger partial charge is 0.466 e. The Morgan fingerprint density at radius 1 is 1.23 bits per heavy atom. The maximum absolute atomic E-state index is 11.6. The molecule has 2 fully saturated rings. The lowest BCUT2D eigenvalue weighted by atomic mass is 10.0. The average Bonchev–Trinajstić information content (AvgIpc) is 3.03. The predicted octanol–water partition coefficient (Wildman–Crippen LogP) is 2.84. The molecule has 2 amide bonds. The van der Waals surface area contributed by atoms with Gasteiger partial charge in [-0.25, -0.2) is 4.79 Å². The number of unbranched alkanes of at least 4 members (excludes halogenated alkanes) is 4. The third-order valence-electron chi connectivity index (χ3n) is 4.32. The van der Waals surface area contributed by atoms with E-state index in [1.807, 2.05) is 11.8 Å². The molecule has 0 spiro atoms. The Morgan fingerprint density at radius 3 is 2.91 bits per heavy atom. The smallest absolute Gasteiger partial charge is 0.315 e. The summed E-state index contributed by atoms with van der Waals surface area (Å²) in [4.78, 5) is 22.9. The molecule has 0 radical (unpaired) electrons. The van der Waals surface area contributed by atoms with Gasteiger partial charge in [0, 0.05) is 17.4 Å². The zero-order chi connectivity index (χ0) is 15.8. The fraction of sp³-hybridized carbons (Fsp3) is 0.875. The van der Waals surface area contributed by atoms with Crippen LogP contribution in [-0.2, 0) is 9.53 Å². The summed E-state index contributed by atoms with van der Waals surface area (Å²) in [7, 11) is 0. The van der Waals surface area contributed by atoms with Crippen molar-refractivity contribution in [3.05, 3.63) is 0 Å². The van der Waals surface area contributed by atoms with Crippen LogP contribution < -0.4 is 10.6 Å². The molecule has 2 saturated heterocycles. The van der Waals surface area contributed by atoms with Gasteiger partial charge in [-0.3, -0.25) is 4.79 Å². The molecule has 2 aliphatic rings. The lowest BCUT2D eigenvalue weighted by Gasteiger charge is -2.16. The Labute approximate surface area is 137 Å². The van der Waals surface area contributed by atoms with Crippen molar-refractivity contribution in [3.8, 4) is 0 Å². The van der Waals surface area contributed by atoms with Crippen LogP contribution in [0.3, 0.4) is 0 Å². The van der Waals surface area contributed by atoms with Crippen molar-refractivity contribution in [2.75, 3.05) is 12.4 Å². The highest BCUT2D eigenvalue weighted by molar-refractivity contribution is 8.00. The average molecular weight is 328 g/mol. The number of carbonyl (C=O) groups is 2. The predicted molar refractivity (Wildman–Crippen MR) is 89.1 cm³/mol. The van der Waals surface area contributed by atoms with Crippen LogP contribution in [0.2, 0.25) is 0 Å². The number of fused-ring (bicyclic) bond motifs is 1. The van der Waals surface area contributed by atoms with Crippen LogP contribution in [-0.4, -0.2) is 41.7 Å². The van der Waals surface area contributed by atoms with E-state index in [1.165, 1.54) is 12.8 Å². The number of thioether (sulfide) groups is 1. The zero-order valence-corrected chi connectivity index (χ0v) is 14.3. The SMILES string of the molecule is CCCCCCOC(=O)CCCC[C@@H]1SC[C@@H]2NC(=O)N[C@@H]21. The summed E-state index contributed by atoms with van der Waals surface area (Å²) in [5, 5.41) is 6.43. The van der Waals surface area contributed by atoms with Crippen molar-refractivity contribution >= 4 is 23.8 Å². The van der Waals surface area contributed by atoms with Gasteiger partial charge in [-0.2, -0.15) is 11.8 Å². The van der Waals surface area contributed by atoms with Crippen molar-refractivity contribution in [2.24, 2.45) is 0 Å². The fourth-order valence-electron chi connectivity index (χ4n) is 3.04. The summed E-state index contributed by atoms with van der Waals surface area (Å²) in [6.45, 7) is 2.74. The van der Waals surface area contributed by atoms with E-state index in [4.69, 9.17) is 4.74 Å². The second kappa shape index (κ2) is 9.28. The van der Waals surface area contributed by atoms with Crippen LogP contribution in [0.4, 0.5) is 4.79 Å². The minimum absolute atomic E-state index is 0.0352. The number of ether oxygens (including phenoxy) is 1. The molecule has 6 heteroatoms. The number of nitrogens with one attached hydrogen (secondary N) is 2. The van der Waals surface area contributed by atoms with Gasteiger partial charge in [-0.1, -0.05) is 32.6 Å². The number of carbonyl (C=O) groups excluding carboxylic acids is 2. The second-order valence-corrected chi connectivity index (χ2v) is 7.42. The number of hydrogen-bond donors (Lipinski definition) is 2. The van der Waals surface area contributed by atoms with Crippen LogP contribution in [0.5, 0.6) is 0 Å². The first-order chi connectivity index (χ1) is 10.7. The van der Waals surface area contributed by atoms with Gasteiger partial charge < -0.3 is 15.4 Å². The Hall–Kier alpha value is -0.910. The van der Waals surface area contributed by atoms with Gasteiger partial charge in [-0.15, -0.1) is 0 Å². The van der Waals surface area contributed by atoms with E-state index in [1.54, 1.807) is 0 Å². The van der Waals surface area contributed by atoms with Crippen molar-refractivity contribution in [2.45, 2.75) is 75.6 Å². The molecule has 0 aromatic heterocycles. The summed E-state index contributed by atoms with van der Waals surface area (Å²) in [6, 6.07) is 0.519. The van der Waals surface area contributed by atoms with E-state index >= 15 is 0 Å². The first kappa shape index (κ1) is 17.4. The molecule has 2 aliphatic heterocycles. The zero-order valence-electron chi connectivity index (χ0n) is 13.4. The summed E-state index contributed by atoms with van der Waals surface area (Å²) < 4.78 is 5.23. The van der Waals surface area contributed by atoms with Gasteiger partial charge in [0.2, 0.25) is 0 Å². The molecular formula is C16H28N2O3S. The van der Waals surface area contributed by atoms with E-state index < -0.39 is 0 Å². The molecule has 0 aromatic rings. The summed E-state index contributed by atoms with van der Waals surface area (Å²) in [5.41, 5.74) is 0. The maximum atomic E-state index is 11.6. The molecule has 0 aromatic carbocycles. The lowest BCUT2D eigenvalue weighted by Crippen LogP contribution is -2.36. The standard InChI is InChI=1S/C16H28N2O3S/c1-2-3-4-7-10-21-14(19)9-6-5-8-13-15-12(11-22-13)17-16(20)18-15/h12-13,15H,2-11H2,1H3,(H2,17,18,20)/t12-,13-,15-/m0/s1. The van der Waals surface area contributed by atoms with E-state index in [9.17, 15) is 9.59 Å². The molecule has 2 heterocycles. The van der Waals surface area contributed by atoms with Gasteiger partial charge in [0.1, 0.15) is 0 Å². The summed E-state index contributed by atoms with van der Waals surface area (Å²) in [5.74, 6) is 0.928. The van der Waals surface area contributed by atoms with E-state index in [0.29, 0.717) is 18.3 Å². The monoisotopic (exact) mass is 328 g/mol. The van der Waals surface area contributed by atoms with Gasteiger partial charge >= 0.3 is 12.0 Å². The molecular weight excluding hydrogens is 300 g/mol. The molecule has 0 saturated carbocycles. The van der Waals surface area contributed by atoms with E-state index in [0.717, 1.165) is 37.9 Å². The molecule has 2 N–H and O–H groups in total. The number of urea groups is 1. The van der Waals surface area contributed by atoms with Gasteiger partial charge in [0.05, 0.1) is 18.7 Å². The molecule has 22 heavy (non-hydrogen) atoms. The number of esters is 1. The third-order valence-corrected chi connectivity index (χ3v) is 5.83. The Morgan fingerprint density at radius 2 is 2.09 bits per heavy atom. The lowest BCUT2D eigenvalue weighted by molar-refractivity contribution is -0.143. The summed E-state index contributed by atoms with van der Waals surface area (Å²) >= 11 is 1.92. The van der Waals surface area contributed by atoms with Crippen LogP contribution in [0.25, 0.3) is 0 Å². The fourth-order valence-corrected chi connectivity index (χ4v) is 4.59. The third kappa shape index (κ3) is 5.38. The number of amides is 2. The summed E-state index contributed by atoms with van der Waals surface area (Å²) in [6.07, 6.45) is 8.00. The van der Waals surface area contributed by atoms with Crippen LogP contribution in [0, 0.1) is 0 Å². The highest BCUT2D eigenvalue weighted by Crippen LogP contribution is 2.33. The first-order valence-corrected chi connectivity index (χ1v) is 9.60. The van der Waals surface area contributed by atoms with E-state index in [-0.39, 0.29) is 24.1 Å². The first-order valence-electron chi connectivity index (χ1n) is 8.55. The quantitative estimate of drug-likeness (QED) is 0.368. The second-order valence-electron chi connectivity index (χ2n) is 6.15. The highest BCUT2D eigenvalue weighted by atomic mass is 32.2. The molecule has 126 valence electrons. The molecule has 3 atom stereocenters. The number of rotatable bonds is 10. The molecule has 0 bridgehead atoms. The van der Waals surface area contributed by atoms with Crippen LogP contribution in [0.1, 0.15) is 58.3 Å². The minimum Gasteiger partial charge on any atom is -0.466 e. The molecule has 0 unspecified atom stereocenters. The van der Waals surface area contributed by atoms with Crippen LogP contribution >= 0.6 is 11.8 Å². The van der Waals surface area contributed by atoms with Crippen LogP contribution in [0.15, 0.2) is 0 Å². The topological polar surface area (TPSA) is 67.4 Å². The molecule has 5 nitrogen and oxygen atoms in total. The molecule has 0 aliphatic carbocycles. The highest BCUT2D eigenvalue weighted by Gasteiger charge is 2.42. The Balaban J connectivity index is 1.49. The van der Waals surface area contributed by atoms with E-state index in [2.05, 4.69) is 17.6 Å². The van der Waals surface area contributed by atoms with Crippen molar-refractivity contribution in [1.82, 2.24) is 10.6 Å². The Kier molecular flexibility index (Phi) is 7.36. The van der Waals surface area contributed by atoms with Crippen molar-refractivity contribution in [1.29, 1.82) is 0 Å². The number of hydrogen-bond acceptors (Lipinski definition) is 4. The van der Waals surface area contributed by atoms with Gasteiger partial charge in [0.25, 0.3) is 0 Å².